The maximum Gasteiger partial charge on any atom is 0.408 e. The lowest BCUT2D eigenvalue weighted by Gasteiger charge is -2.31. The van der Waals surface area contributed by atoms with E-state index in [1.165, 1.54) is 17.0 Å². The van der Waals surface area contributed by atoms with E-state index in [-0.39, 0.29) is 18.8 Å². The standard InChI is InChI=1S/C26H33N3O5/c1-7-14-29(22(31)16-27-25(33)34-26(4,5)6)23(19-12-13-21(30)18(3)15-19)24(32)28-20-11-9-8-10-17(20)2/h7-13,15,23,30H,1,14,16H2,2-6H3,(H,27,33)(H,28,32). The van der Waals surface area contributed by atoms with E-state index in [1.807, 2.05) is 19.1 Å². The van der Waals surface area contributed by atoms with E-state index in [2.05, 4.69) is 17.2 Å². The number of nitrogens with zero attached hydrogens (tertiary/aromatic N) is 1. The number of alkyl carbamates (subject to hydrolysis) is 1. The molecule has 8 heteroatoms. The summed E-state index contributed by atoms with van der Waals surface area (Å²) in [5.41, 5.74) is 1.83. The summed E-state index contributed by atoms with van der Waals surface area (Å²) >= 11 is 0. The molecular formula is C26H33N3O5. The van der Waals surface area contributed by atoms with Crippen molar-refractivity contribution < 1.29 is 24.2 Å². The average Bonchev–Trinajstić information content (AvgIpc) is 2.74. The van der Waals surface area contributed by atoms with E-state index in [0.717, 1.165) is 5.56 Å². The quantitative estimate of drug-likeness (QED) is 0.504. The summed E-state index contributed by atoms with van der Waals surface area (Å²) in [7, 11) is 0. The van der Waals surface area contributed by atoms with Gasteiger partial charge in [0.2, 0.25) is 5.91 Å². The maximum atomic E-state index is 13.5. The zero-order valence-corrected chi connectivity index (χ0v) is 20.3. The number of hydrogen-bond donors (Lipinski definition) is 3. The Morgan fingerprint density at radius 3 is 2.38 bits per heavy atom. The Kier molecular flexibility index (Phi) is 8.83. The maximum absolute atomic E-state index is 13.5. The molecule has 2 aromatic carbocycles. The van der Waals surface area contributed by atoms with Gasteiger partial charge in [-0.3, -0.25) is 9.59 Å². The van der Waals surface area contributed by atoms with E-state index >= 15 is 0 Å². The molecule has 34 heavy (non-hydrogen) atoms. The summed E-state index contributed by atoms with van der Waals surface area (Å²) in [5.74, 6) is -0.858. The summed E-state index contributed by atoms with van der Waals surface area (Å²) in [6, 6.07) is 11.0. The number of carbonyl (C=O) groups excluding carboxylic acids is 3. The number of phenols is 1. The van der Waals surface area contributed by atoms with Crippen molar-refractivity contribution >= 4 is 23.6 Å². The van der Waals surface area contributed by atoms with Gasteiger partial charge in [0.05, 0.1) is 0 Å². The summed E-state index contributed by atoms with van der Waals surface area (Å²) in [4.78, 5) is 40.0. The van der Waals surface area contributed by atoms with Gasteiger partial charge in [-0.2, -0.15) is 0 Å². The Morgan fingerprint density at radius 1 is 1.12 bits per heavy atom. The third kappa shape index (κ3) is 7.37. The van der Waals surface area contributed by atoms with Crippen molar-refractivity contribution in [3.05, 3.63) is 71.8 Å². The molecule has 0 saturated heterocycles. The Labute approximate surface area is 200 Å². The zero-order chi connectivity index (χ0) is 25.5. The molecule has 2 rings (SSSR count). The molecule has 3 amide bonds. The third-order valence-electron chi connectivity index (χ3n) is 4.93. The highest BCUT2D eigenvalue weighted by Gasteiger charge is 2.32. The molecule has 0 heterocycles. The van der Waals surface area contributed by atoms with Crippen LogP contribution in [0.15, 0.2) is 55.1 Å². The second kappa shape index (κ2) is 11.4. The summed E-state index contributed by atoms with van der Waals surface area (Å²) in [6.07, 6.45) is 0.771. The lowest BCUT2D eigenvalue weighted by Crippen LogP contribution is -2.46. The Morgan fingerprint density at radius 2 is 1.79 bits per heavy atom. The predicted molar refractivity (Wildman–Crippen MR) is 132 cm³/mol. The first-order chi connectivity index (χ1) is 15.9. The lowest BCUT2D eigenvalue weighted by atomic mass is 10.0. The molecule has 0 bridgehead atoms. The van der Waals surface area contributed by atoms with E-state index in [0.29, 0.717) is 16.8 Å². The van der Waals surface area contributed by atoms with Gasteiger partial charge in [-0.15, -0.1) is 6.58 Å². The van der Waals surface area contributed by atoms with Gasteiger partial charge in [0.15, 0.2) is 0 Å². The summed E-state index contributed by atoms with van der Waals surface area (Å²) in [5, 5.41) is 15.3. The minimum absolute atomic E-state index is 0.0562. The first-order valence-corrected chi connectivity index (χ1v) is 11.0. The Bertz CT molecular complexity index is 1060. The van der Waals surface area contributed by atoms with Gasteiger partial charge in [-0.1, -0.05) is 30.3 Å². The fourth-order valence-corrected chi connectivity index (χ4v) is 3.29. The second-order valence-corrected chi connectivity index (χ2v) is 8.94. The average molecular weight is 468 g/mol. The normalized spacial score (nSPS) is 11.8. The number of anilines is 1. The van der Waals surface area contributed by atoms with Gasteiger partial charge < -0.3 is 25.4 Å². The largest absolute Gasteiger partial charge is 0.508 e. The SMILES string of the molecule is C=CCN(C(=O)CNC(=O)OC(C)(C)C)C(C(=O)Nc1ccccc1C)c1ccc(O)c(C)c1. The van der Waals surface area contributed by atoms with Gasteiger partial charge in [-0.25, -0.2) is 4.79 Å². The number of para-hydroxylation sites is 1. The Hall–Kier alpha value is -3.81. The number of phenolic OH excluding ortho intramolecular Hbond substituents is 1. The van der Waals surface area contributed by atoms with Gasteiger partial charge in [-0.05, 0) is 69.5 Å². The smallest absolute Gasteiger partial charge is 0.408 e. The number of aryl methyl sites for hydroxylation is 2. The van der Waals surface area contributed by atoms with E-state index in [1.54, 1.807) is 52.0 Å². The predicted octanol–water partition coefficient (Wildman–Crippen LogP) is 4.23. The fraction of sp³-hybridized carbons (Fsp3) is 0.346. The van der Waals surface area contributed by atoms with Crippen molar-refractivity contribution in [3.8, 4) is 5.75 Å². The van der Waals surface area contributed by atoms with Crippen LogP contribution in [-0.2, 0) is 14.3 Å². The summed E-state index contributed by atoms with van der Waals surface area (Å²) in [6.45, 7) is 12.1. The molecular weight excluding hydrogens is 434 g/mol. The number of nitrogens with one attached hydrogen (secondary N) is 2. The molecule has 0 spiro atoms. The molecule has 0 radical (unpaired) electrons. The number of carbonyl (C=O) groups is 3. The Balaban J connectivity index is 2.38. The molecule has 0 aliphatic carbocycles. The van der Waals surface area contributed by atoms with Crippen LogP contribution < -0.4 is 10.6 Å². The minimum atomic E-state index is -1.04. The molecule has 1 unspecified atom stereocenters. The highest BCUT2D eigenvalue weighted by atomic mass is 16.6. The van der Waals surface area contributed by atoms with Crippen LogP contribution in [0.2, 0.25) is 0 Å². The van der Waals surface area contributed by atoms with Gasteiger partial charge in [0.1, 0.15) is 23.9 Å². The number of benzene rings is 2. The van der Waals surface area contributed by atoms with Gasteiger partial charge in [0, 0.05) is 12.2 Å². The van der Waals surface area contributed by atoms with Crippen molar-refractivity contribution in [2.45, 2.75) is 46.3 Å². The number of amides is 3. The molecule has 0 fully saturated rings. The van der Waals surface area contributed by atoms with Crippen LogP contribution in [0.1, 0.15) is 43.5 Å². The molecule has 0 aliphatic rings. The minimum Gasteiger partial charge on any atom is -0.508 e. The molecule has 182 valence electrons. The zero-order valence-electron chi connectivity index (χ0n) is 20.3. The van der Waals surface area contributed by atoms with Crippen LogP contribution in [0.3, 0.4) is 0 Å². The van der Waals surface area contributed by atoms with Crippen LogP contribution in [0.25, 0.3) is 0 Å². The number of rotatable bonds is 8. The number of aromatic hydroxyl groups is 1. The molecule has 0 saturated carbocycles. The topological polar surface area (TPSA) is 108 Å². The van der Waals surface area contributed by atoms with Crippen LogP contribution in [0.4, 0.5) is 10.5 Å². The second-order valence-electron chi connectivity index (χ2n) is 8.94. The highest BCUT2D eigenvalue weighted by Crippen LogP contribution is 2.28. The molecule has 1 atom stereocenters. The van der Waals surface area contributed by atoms with Crippen LogP contribution in [-0.4, -0.2) is 46.6 Å². The van der Waals surface area contributed by atoms with Crippen LogP contribution >= 0.6 is 0 Å². The van der Waals surface area contributed by atoms with Crippen LogP contribution in [0.5, 0.6) is 5.75 Å². The van der Waals surface area contributed by atoms with E-state index in [4.69, 9.17) is 4.74 Å². The van der Waals surface area contributed by atoms with Gasteiger partial charge in [0.25, 0.3) is 5.91 Å². The van der Waals surface area contributed by atoms with Crippen molar-refractivity contribution in [1.29, 1.82) is 0 Å². The first-order valence-electron chi connectivity index (χ1n) is 11.0. The molecule has 8 nitrogen and oxygen atoms in total. The third-order valence-corrected chi connectivity index (χ3v) is 4.93. The van der Waals surface area contributed by atoms with Crippen molar-refractivity contribution in [2.24, 2.45) is 0 Å². The monoisotopic (exact) mass is 467 g/mol. The van der Waals surface area contributed by atoms with Crippen molar-refractivity contribution in [1.82, 2.24) is 10.2 Å². The molecule has 0 aromatic heterocycles. The number of hydrogen-bond acceptors (Lipinski definition) is 5. The highest BCUT2D eigenvalue weighted by molar-refractivity contribution is 5.99. The number of ether oxygens (including phenoxy) is 1. The molecule has 0 aliphatic heterocycles. The lowest BCUT2D eigenvalue weighted by molar-refractivity contribution is -0.137. The summed E-state index contributed by atoms with van der Waals surface area (Å²) < 4.78 is 5.19. The van der Waals surface area contributed by atoms with Gasteiger partial charge >= 0.3 is 6.09 Å². The fourth-order valence-electron chi connectivity index (χ4n) is 3.29. The molecule has 2 aromatic rings. The molecule has 3 N–H and O–H groups in total. The van der Waals surface area contributed by atoms with Crippen molar-refractivity contribution in [3.63, 3.8) is 0 Å². The van der Waals surface area contributed by atoms with Crippen LogP contribution in [0, 0.1) is 13.8 Å². The first kappa shape index (κ1) is 26.4. The van der Waals surface area contributed by atoms with Crippen molar-refractivity contribution in [2.75, 3.05) is 18.4 Å². The van der Waals surface area contributed by atoms with E-state index < -0.39 is 29.6 Å². The van der Waals surface area contributed by atoms with E-state index in [9.17, 15) is 19.5 Å².